The van der Waals surface area contributed by atoms with Gasteiger partial charge in [0.15, 0.2) is 9.84 Å². The van der Waals surface area contributed by atoms with E-state index < -0.39 is 9.84 Å². The van der Waals surface area contributed by atoms with Crippen molar-refractivity contribution in [2.75, 3.05) is 18.8 Å². The van der Waals surface area contributed by atoms with E-state index in [4.69, 9.17) is 0 Å². The molecule has 0 N–H and O–H groups in total. The van der Waals surface area contributed by atoms with Gasteiger partial charge in [-0.3, -0.25) is 4.79 Å². The fourth-order valence-electron chi connectivity index (χ4n) is 3.18. The van der Waals surface area contributed by atoms with Crippen molar-refractivity contribution in [3.63, 3.8) is 0 Å². The van der Waals surface area contributed by atoms with Crippen molar-refractivity contribution >= 4 is 15.7 Å². The van der Waals surface area contributed by atoms with Gasteiger partial charge in [0.05, 0.1) is 12.1 Å². The van der Waals surface area contributed by atoms with Gasteiger partial charge in [0.2, 0.25) is 5.91 Å². The number of carbonyl (C=O) groups excluding carboxylic acids is 1. The first kappa shape index (κ1) is 15.3. The summed E-state index contributed by atoms with van der Waals surface area (Å²) >= 11 is 0. The highest BCUT2D eigenvalue weighted by molar-refractivity contribution is 7.94. The fraction of sp³-hybridized carbons (Fsp3) is 0.600. The van der Waals surface area contributed by atoms with E-state index in [0.29, 0.717) is 12.3 Å². The molecule has 0 bridgehead atoms. The van der Waals surface area contributed by atoms with Gasteiger partial charge in [0, 0.05) is 49.8 Å². The molecule has 1 unspecified atom stereocenters. The van der Waals surface area contributed by atoms with E-state index in [9.17, 15) is 13.2 Å². The Kier molecular flexibility index (Phi) is 4.33. The zero-order valence-electron chi connectivity index (χ0n) is 12.5. The highest BCUT2D eigenvalue weighted by Crippen LogP contribution is 2.23. The van der Waals surface area contributed by atoms with E-state index in [1.165, 1.54) is 5.41 Å². The Morgan fingerprint density at radius 3 is 2.64 bits per heavy atom. The normalized spacial score (nSPS) is 24.7. The van der Waals surface area contributed by atoms with Gasteiger partial charge in [-0.05, 0) is 18.8 Å². The first-order valence-corrected chi connectivity index (χ1v) is 9.38. The predicted molar refractivity (Wildman–Crippen MR) is 82.6 cm³/mol. The number of allylic oxidation sites excluding steroid dienone is 1. The van der Waals surface area contributed by atoms with E-state index in [2.05, 4.69) is 9.55 Å². The lowest BCUT2D eigenvalue weighted by atomic mass is 9.96. The van der Waals surface area contributed by atoms with Crippen LogP contribution in [0.5, 0.6) is 0 Å². The second kappa shape index (κ2) is 6.24. The minimum absolute atomic E-state index is 0.0767. The van der Waals surface area contributed by atoms with Crippen molar-refractivity contribution in [2.45, 2.75) is 25.8 Å². The summed E-state index contributed by atoms with van der Waals surface area (Å²) in [6.45, 7) is 2.48. The van der Waals surface area contributed by atoms with Crippen LogP contribution in [-0.2, 0) is 21.2 Å². The second-order valence-electron chi connectivity index (χ2n) is 6.21. The van der Waals surface area contributed by atoms with Crippen molar-refractivity contribution in [2.24, 2.45) is 11.8 Å². The molecular weight excluding hydrogens is 302 g/mol. The van der Waals surface area contributed by atoms with Gasteiger partial charge in [-0.1, -0.05) is 6.08 Å². The summed E-state index contributed by atoms with van der Waals surface area (Å²) in [5.74, 6) is 0.578. The first-order chi connectivity index (χ1) is 10.5. The lowest BCUT2D eigenvalue weighted by Gasteiger charge is -2.32. The number of nitrogens with zero attached hydrogens (tertiary/aromatic N) is 3. The van der Waals surface area contributed by atoms with Crippen molar-refractivity contribution in [1.29, 1.82) is 0 Å². The molecule has 0 radical (unpaired) electrons. The molecule has 6 nitrogen and oxygen atoms in total. The highest BCUT2D eigenvalue weighted by Gasteiger charge is 2.28. The molecule has 1 atom stereocenters. The Morgan fingerprint density at radius 1 is 1.27 bits per heavy atom. The Balaban J connectivity index is 1.45. The van der Waals surface area contributed by atoms with Gasteiger partial charge in [0.25, 0.3) is 0 Å². The SMILES string of the molecule is O=C(CC1C=CS(=O)(=O)C1)N1CCC(Cn2ccnc2)CC1. The topological polar surface area (TPSA) is 72.3 Å². The average molecular weight is 323 g/mol. The van der Waals surface area contributed by atoms with Crippen LogP contribution in [0, 0.1) is 11.8 Å². The standard InChI is InChI=1S/C15H21N3O3S/c19-15(9-14-3-8-22(20,21)11-14)18-5-1-13(2-6-18)10-17-7-4-16-12-17/h3-4,7-8,12-14H,1-2,5-6,9-11H2. The molecule has 1 fully saturated rings. The highest BCUT2D eigenvalue weighted by atomic mass is 32.2. The van der Waals surface area contributed by atoms with E-state index >= 15 is 0 Å². The lowest BCUT2D eigenvalue weighted by molar-refractivity contribution is -0.133. The van der Waals surface area contributed by atoms with Crippen LogP contribution in [0.15, 0.2) is 30.2 Å². The third-order valence-electron chi connectivity index (χ3n) is 4.44. The average Bonchev–Trinajstić information content (AvgIpc) is 3.09. The van der Waals surface area contributed by atoms with E-state index in [0.717, 1.165) is 32.5 Å². The molecule has 0 aromatic carbocycles. The Hall–Kier alpha value is -1.63. The summed E-state index contributed by atoms with van der Waals surface area (Å²) in [6, 6.07) is 0. The number of imidazole rings is 1. The molecule has 3 heterocycles. The van der Waals surface area contributed by atoms with Gasteiger partial charge >= 0.3 is 0 Å². The summed E-state index contributed by atoms with van der Waals surface area (Å²) in [4.78, 5) is 18.2. The molecule has 1 aromatic rings. The number of piperidine rings is 1. The monoisotopic (exact) mass is 323 g/mol. The van der Waals surface area contributed by atoms with E-state index in [1.807, 2.05) is 17.4 Å². The van der Waals surface area contributed by atoms with Crippen LogP contribution in [-0.4, -0.2) is 47.6 Å². The first-order valence-electron chi connectivity index (χ1n) is 7.66. The molecule has 0 saturated carbocycles. The molecule has 3 rings (SSSR count). The van der Waals surface area contributed by atoms with Crippen molar-refractivity contribution in [3.05, 3.63) is 30.2 Å². The molecule has 2 aliphatic heterocycles. The quantitative estimate of drug-likeness (QED) is 0.831. The molecule has 0 spiro atoms. The molecular formula is C15H21N3O3S. The smallest absolute Gasteiger partial charge is 0.223 e. The van der Waals surface area contributed by atoms with Crippen molar-refractivity contribution in [3.8, 4) is 0 Å². The number of likely N-dealkylation sites (tertiary alicyclic amines) is 1. The lowest BCUT2D eigenvalue weighted by Crippen LogP contribution is -2.40. The van der Waals surface area contributed by atoms with Gasteiger partial charge in [-0.2, -0.15) is 0 Å². The van der Waals surface area contributed by atoms with E-state index in [1.54, 1.807) is 12.3 Å². The molecule has 7 heteroatoms. The van der Waals surface area contributed by atoms with Gasteiger partial charge in [-0.15, -0.1) is 0 Å². The maximum absolute atomic E-state index is 12.3. The largest absolute Gasteiger partial charge is 0.343 e. The zero-order valence-corrected chi connectivity index (χ0v) is 13.3. The molecule has 1 aromatic heterocycles. The maximum Gasteiger partial charge on any atom is 0.223 e. The van der Waals surface area contributed by atoms with Gasteiger partial charge in [-0.25, -0.2) is 13.4 Å². The fourth-order valence-corrected chi connectivity index (χ4v) is 4.58. The van der Waals surface area contributed by atoms with Crippen molar-refractivity contribution < 1.29 is 13.2 Å². The summed E-state index contributed by atoms with van der Waals surface area (Å²) < 4.78 is 24.8. The van der Waals surface area contributed by atoms with Gasteiger partial charge < -0.3 is 9.47 Å². The molecule has 1 amide bonds. The van der Waals surface area contributed by atoms with Crippen LogP contribution in [0.4, 0.5) is 0 Å². The van der Waals surface area contributed by atoms with Crippen LogP contribution in [0.25, 0.3) is 0 Å². The van der Waals surface area contributed by atoms with Crippen LogP contribution in [0.1, 0.15) is 19.3 Å². The van der Waals surface area contributed by atoms with Crippen LogP contribution < -0.4 is 0 Å². The molecule has 2 aliphatic rings. The van der Waals surface area contributed by atoms with E-state index in [-0.39, 0.29) is 17.6 Å². The summed E-state index contributed by atoms with van der Waals surface area (Å²) in [5, 5.41) is 1.24. The Morgan fingerprint density at radius 2 is 2.05 bits per heavy atom. The minimum Gasteiger partial charge on any atom is -0.343 e. The van der Waals surface area contributed by atoms with Crippen LogP contribution in [0.2, 0.25) is 0 Å². The van der Waals surface area contributed by atoms with Crippen LogP contribution >= 0.6 is 0 Å². The molecule has 120 valence electrons. The second-order valence-corrected chi connectivity index (χ2v) is 8.14. The zero-order chi connectivity index (χ0) is 15.6. The number of hydrogen-bond acceptors (Lipinski definition) is 4. The van der Waals surface area contributed by atoms with Crippen LogP contribution in [0.3, 0.4) is 0 Å². The Labute approximate surface area is 130 Å². The molecule has 1 saturated heterocycles. The number of sulfone groups is 1. The third-order valence-corrected chi connectivity index (χ3v) is 5.90. The number of carbonyl (C=O) groups is 1. The number of aromatic nitrogens is 2. The molecule has 0 aliphatic carbocycles. The maximum atomic E-state index is 12.3. The van der Waals surface area contributed by atoms with Crippen molar-refractivity contribution in [1.82, 2.24) is 14.5 Å². The predicted octanol–water partition coefficient (Wildman–Crippen LogP) is 1.07. The number of amides is 1. The molecule has 22 heavy (non-hydrogen) atoms. The minimum atomic E-state index is -3.07. The third kappa shape index (κ3) is 3.76. The summed E-state index contributed by atoms with van der Waals surface area (Å²) in [6.07, 6.45) is 9.50. The summed E-state index contributed by atoms with van der Waals surface area (Å²) in [5.41, 5.74) is 0. The van der Waals surface area contributed by atoms with Gasteiger partial charge in [0.1, 0.15) is 0 Å². The Bertz CT molecular complexity index is 644. The number of hydrogen-bond donors (Lipinski definition) is 0. The number of rotatable bonds is 4. The summed E-state index contributed by atoms with van der Waals surface area (Å²) in [7, 11) is -3.07.